The van der Waals surface area contributed by atoms with E-state index in [0.717, 1.165) is 5.56 Å². The minimum Gasteiger partial charge on any atom is -0.490 e. The highest BCUT2D eigenvalue weighted by molar-refractivity contribution is 5.74. The van der Waals surface area contributed by atoms with Gasteiger partial charge in [-0.05, 0) is 23.8 Å². The number of hydrogen-bond acceptors (Lipinski definition) is 6. The fraction of sp³-hybridized carbons (Fsp3) is 0.222. The van der Waals surface area contributed by atoms with Crippen LogP contribution >= 0.6 is 0 Å². The fourth-order valence-corrected chi connectivity index (χ4v) is 2.62. The Morgan fingerprint density at radius 1 is 1.27 bits per heavy atom. The van der Waals surface area contributed by atoms with E-state index in [9.17, 15) is 10.1 Å². The summed E-state index contributed by atoms with van der Waals surface area (Å²) in [6, 6.07) is 10.5. The molecule has 3 rings (SSSR count). The van der Waals surface area contributed by atoms with Gasteiger partial charge in [-0.1, -0.05) is 6.07 Å². The Morgan fingerprint density at radius 2 is 2.12 bits per heavy atom. The molecule has 2 aromatic heterocycles. The summed E-state index contributed by atoms with van der Waals surface area (Å²) in [5.74, 6) is 0.712. The molecule has 8 heteroatoms. The van der Waals surface area contributed by atoms with Crippen molar-refractivity contribution in [3.63, 3.8) is 0 Å². The number of hydrogen-bond donors (Lipinski definition) is 0. The lowest BCUT2D eigenvalue weighted by Crippen LogP contribution is -2.04. The van der Waals surface area contributed by atoms with Gasteiger partial charge in [-0.3, -0.25) is 14.8 Å². The van der Waals surface area contributed by atoms with E-state index < -0.39 is 4.92 Å². The molecule has 0 amide bonds. The van der Waals surface area contributed by atoms with Gasteiger partial charge < -0.3 is 9.47 Å². The molecule has 26 heavy (non-hydrogen) atoms. The van der Waals surface area contributed by atoms with Crippen LogP contribution in [0.3, 0.4) is 0 Å². The highest BCUT2D eigenvalue weighted by atomic mass is 16.6. The van der Waals surface area contributed by atoms with Gasteiger partial charge in [-0.15, -0.1) is 0 Å². The van der Waals surface area contributed by atoms with E-state index in [2.05, 4.69) is 10.1 Å². The molecule has 0 fully saturated rings. The Kier molecular flexibility index (Phi) is 5.12. The molecular weight excluding hydrogens is 336 g/mol. The second-order valence-electron chi connectivity index (χ2n) is 5.59. The Hall–Kier alpha value is -3.42. The monoisotopic (exact) mass is 354 g/mol. The third-order valence-corrected chi connectivity index (χ3v) is 3.80. The topological polar surface area (TPSA) is 92.3 Å². The average molecular weight is 354 g/mol. The maximum Gasteiger partial charge on any atom is 0.311 e. The molecule has 0 unspecified atom stereocenters. The van der Waals surface area contributed by atoms with Gasteiger partial charge in [0.25, 0.3) is 0 Å². The van der Waals surface area contributed by atoms with E-state index in [1.165, 1.54) is 13.2 Å². The summed E-state index contributed by atoms with van der Waals surface area (Å²) in [6.45, 7) is 0.349. The standard InChI is InChI=1S/C18H18N4O4/c1-21-9-6-15(20-21)14-11-13(12-16(22(23)24)18(14)25-2)7-10-26-17-5-3-4-8-19-17/h3-6,8-9,11-12H,7,10H2,1-2H3. The van der Waals surface area contributed by atoms with Crippen molar-refractivity contribution in [2.75, 3.05) is 13.7 Å². The molecule has 0 N–H and O–H groups in total. The first-order valence-corrected chi connectivity index (χ1v) is 7.97. The van der Waals surface area contributed by atoms with Crippen molar-refractivity contribution in [2.45, 2.75) is 6.42 Å². The number of methoxy groups -OCH3 is 1. The van der Waals surface area contributed by atoms with Crippen molar-refractivity contribution in [1.82, 2.24) is 14.8 Å². The molecule has 0 saturated carbocycles. The smallest absolute Gasteiger partial charge is 0.311 e. The van der Waals surface area contributed by atoms with Gasteiger partial charge in [-0.2, -0.15) is 5.10 Å². The number of nitro groups is 1. The second-order valence-corrected chi connectivity index (χ2v) is 5.59. The van der Waals surface area contributed by atoms with E-state index in [0.29, 0.717) is 30.2 Å². The lowest BCUT2D eigenvalue weighted by atomic mass is 10.0. The van der Waals surface area contributed by atoms with E-state index in [1.807, 2.05) is 12.1 Å². The minimum atomic E-state index is -0.450. The van der Waals surface area contributed by atoms with Gasteiger partial charge in [0.2, 0.25) is 11.6 Å². The van der Waals surface area contributed by atoms with Crippen LogP contribution in [0.1, 0.15) is 5.56 Å². The van der Waals surface area contributed by atoms with Crippen LogP contribution in [0.4, 0.5) is 5.69 Å². The van der Waals surface area contributed by atoms with Gasteiger partial charge in [0.15, 0.2) is 0 Å². The summed E-state index contributed by atoms with van der Waals surface area (Å²) >= 11 is 0. The number of aromatic nitrogens is 3. The predicted molar refractivity (Wildman–Crippen MR) is 95.3 cm³/mol. The molecule has 8 nitrogen and oxygen atoms in total. The average Bonchev–Trinajstić information content (AvgIpc) is 3.08. The summed E-state index contributed by atoms with van der Waals surface area (Å²) in [6.07, 6.45) is 3.91. The summed E-state index contributed by atoms with van der Waals surface area (Å²) < 4.78 is 12.5. The van der Waals surface area contributed by atoms with Crippen molar-refractivity contribution in [1.29, 1.82) is 0 Å². The van der Waals surface area contributed by atoms with E-state index in [-0.39, 0.29) is 11.4 Å². The number of nitrogens with zero attached hydrogens (tertiary/aromatic N) is 4. The van der Waals surface area contributed by atoms with Crippen LogP contribution in [-0.4, -0.2) is 33.4 Å². The highest BCUT2D eigenvalue weighted by Crippen LogP contribution is 2.38. The number of benzene rings is 1. The first-order chi connectivity index (χ1) is 12.6. The van der Waals surface area contributed by atoms with Crippen LogP contribution in [-0.2, 0) is 13.5 Å². The largest absolute Gasteiger partial charge is 0.490 e. The van der Waals surface area contributed by atoms with Crippen LogP contribution in [0, 0.1) is 10.1 Å². The van der Waals surface area contributed by atoms with Crippen molar-refractivity contribution < 1.29 is 14.4 Å². The molecule has 0 aliphatic carbocycles. The maximum absolute atomic E-state index is 11.5. The number of rotatable bonds is 7. The molecule has 2 heterocycles. The number of nitro benzene ring substituents is 1. The molecule has 0 aliphatic rings. The van der Waals surface area contributed by atoms with Crippen LogP contribution in [0.2, 0.25) is 0 Å². The van der Waals surface area contributed by atoms with Crippen molar-refractivity contribution >= 4 is 5.69 Å². The molecule has 0 saturated heterocycles. The highest BCUT2D eigenvalue weighted by Gasteiger charge is 2.22. The minimum absolute atomic E-state index is 0.0940. The molecule has 1 aromatic carbocycles. The van der Waals surface area contributed by atoms with Gasteiger partial charge in [0.1, 0.15) is 0 Å². The Bertz CT molecular complexity index is 909. The molecule has 0 bridgehead atoms. The Balaban J connectivity index is 1.90. The lowest BCUT2D eigenvalue weighted by Gasteiger charge is -2.11. The van der Waals surface area contributed by atoms with E-state index >= 15 is 0 Å². The lowest BCUT2D eigenvalue weighted by molar-refractivity contribution is -0.385. The maximum atomic E-state index is 11.5. The number of ether oxygens (including phenoxy) is 2. The van der Waals surface area contributed by atoms with Gasteiger partial charge in [-0.25, -0.2) is 4.98 Å². The first-order valence-electron chi connectivity index (χ1n) is 7.97. The van der Waals surface area contributed by atoms with E-state index in [4.69, 9.17) is 9.47 Å². The van der Waals surface area contributed by atoms with Crippen molar-refractivity contribution in [3.8, 4) is 22.9 Å². The van der Waals surface area contributed by atoms with Crippen LogP contribution in [0.25, 0.3) is 11.3 Å². The molecule has 134 valence electrons. The first kappa shape index (κ1) is 17.4. The molecule has 0 spiro atoms. The second kappa shape index (κ2) is 7.64. The summed E-state index contributed by atoms with van der Waals surface area (Å²) in [7, 11) is 3.20. The zero-order valence-electron chi connectivity index (χ0n) is 14.5. The van der Waals surface area contributed by atoms with E-state index in [1.54, 1.807) is 42.3 Å². The SMILES string of the molecule is COc1c(-c2ccn(C)n2)cc(CCOc2ccccn2)cc1[N+](=O)[O-]. The zero-order valence-corrected chi connectivity index (χ0v) is 14.5. The molecule has 0 radical (unpaired) electrons. The fourth-order valence-electron chi connectivity index (χ4n) is 2.62. The molecular formula is C18H18N4O4. The number of aryl methyl sites for hydroxylation is 1. The van der Waals surface area contributed by atoms with Gasteiger partial charge in [0.05, 0.1) is 29.9 Å². The molecule has 0 atom stereocenters. The third kappa shape index (κ3) is 3.80. The van der Waals surface area contributed by atoms with Crippen molar-refractivity contribution in [3.05, 3.63) is 64.5 Å². The van der Waals surface area contributed by atoms with Crippen LogP contribution in [0.15, 0.2) is 48.8 Å². The zero-order chi connectivity index (χ0) is 18.5. The summed E-state index contributed by atoms with van der Waals surface area (Å²) in [5.41, 5.74) is 1.85. The van der Waals surface area contributed by atoms with Gasteiger partial charge >= 0.3 is 5.69 Å². The normalized spacial score (nSPS) is 10.5. The summed E-state index contributed by atoms with van der Waals surface area (Å²) in [5, 5.41) is 15.8. The van der Waals surface area contributed by atoms with Crippen molar-refractivity contribution in [2.24, 2.45) is 7.05 Å². The third-order valence-electron chi connectivity index (χ3n) is 3.80. The predicted octanol–water partition coefficient (Wildman–Crippen LogP) is 3.02. The Morgan fingerprint density at radius 3 is 2.73 bits per heavy atom. The van der Waals surface area contributed by atoms with Crippen LogP contribution in [0.5, 0.6) is 11.6 Å². The molecule has 3 aromatic rings. The van der Waals surface area contributed by atoms with Crippen LogP contribution < -0.4 is 9.47 Å². The summed E-state index contributed by atoms with van der Waals surface area (Å²) in [4.78, 5) is 15.1. The Labute approximate surface area is 150 Å². The quantitative estimate of drug-likeness (QED) is 0.478. The molecule has 0 aliphatic heterocycles. The number of pyridine rings is 1. The van der Waals surface area contributed by atoms with Gasteiger partial charge in [0, 0.05) is 38.0 Å².